The van der Waals surface area contributed by atoms with Crippen molar-refractivity contribution < 1.29 is 20.4 Å². The largest absolute Gasteiger partial charge is 0.138 e. The van der Waals surface area contributed by atoms with Gasteiger partial charge in [0.05, 0.1) is 0 Å². The second kappa shape index (κ2) is 13.7. The Labute approximate surface area is 243 Å². The molecule has 0 saturated heterocycles. The van der Waals surface area contributed by atoms with Gasteiger partial charge in [-0.3, -0.25) is 0 Å². The summed E-state index contributed by atoms with van der Waals surface area (Å²) in [5.74, 6) is 0. The molecule has 0 rings (SSSR count). The van der Waals surface area contributed by atoms with Gasteiger partial charge in [0.25, 0.3) is 0 Å². The first-order valence-electron chi connectivity index (χ1n) is 14.0. The number of rotatable bonds is 6. The molecule has 0 amide bonds. The predicted octanol–water partition coefficient (Wildman–Crippen LogP) is 11.5. The molecule has 35 heavy (non-hydrogen) atoms. The standard InChI is InChI=1S/2C16H35P.Pd/c2*1-13(2,3)16(11-10-12-17,14(4,5)6)15(7,8)9;/h2*10-12,17H2,1-9H3;. The normalized spacial score (nSPS) is 14.7. The monoisotopic (exact) mass is 622 g/mol. The van der Waals surface area contributed by atoms with E-state index in [4.69, 9.17) is 0 Å². The van der Waals surface area contributed by atoms with Crippen molar-refractivity contribution >= 4 is 18.5 Å². The summed E-state index contributed by atoms with van der Waals surface area (Å²) in [5.41, 5.74) is 2.64. The summed E-state index contributed by atoms with van der Waals surface area (Å²) in [7, 11) is 5.76. The average Bonchev–Trinajstić information content (AvgIpc) is 2.48. The minimum atomic E-state index is 0. The van der Waals surface area contributed by atoms with Crippen molar-refractivity contribution in [3.05, 3.63) is 0 Å². The molecule has 0 saturated carbocycles. The van der Waals surface area contributed by atoms with Gasteiger partial charge >= 0.3 is 0 Å². The summed E-state index contributed by atoms with van der Waals surface area (Å²) in [6, 6.07) is 0. The van der Waals surface area contributed by atoms with Gasteiger partial charge in [-0.25, -0.2) is 0 Å². The van der Waals surface area contributed by atoms with E-state index in [1.165, 1.54) is 38.0 Å². The van der Waals surface area contributed by atoms with Gasteiger partial charge in [-0.1, -0.05) is 125 Å². The third-order valence-electron chi connectivity index (χ3n) is 9.19. The zero-order valence-electron chi connectivity index (χ0n) is 27.7. The van der Waals surface area contributed by atoms with Gasteiger partial charge in [0.2, 0.25) is 0 Å². The number of hydrogen-bond donors (Lipinski definition) is 0. The SMILES string of the molecule is CC(C)(C)C(CCCP)(C(C)(C)C)C(C)(C)C.CC(C)(C)C(CCCP)(C(C)(C)C)C(C)(C)C.[Pd]. The quantitative estimate of drug-likeness (QED) is 0.204. The molecule has 218 valence electrons. The van der Waals surface area contributed by atoms with Crippen LogP contribution in [0.5, 0.6) is 0 Å². The third-order valence-corrected chi connectivity index (χ3v) is 10.0. The molecule has 0 heterocycles. The van der Waals surface area contributed by atoms with Crippen molar-refractivity contribution in [3.63, 3.8) is 0 Å². The van der Waals surface area contributed by atoms with Gasteiger partial charge in [-0.15, -0.1) is 18.5 Å². The molecule has 3 heteroatoms. The topological polar surface area (TPSA) is 0 Å². The minimum Gasteiger partial charge on any atom is -0.138 e. The Morgan fingerprint density at radius 3 is 0.571 bits per heavy atom. The van der Waals surface area contributed by atoms with E-state index in [0.29, 0.717) is 43.3 Å². The summed E-state index contributed by atoms with van der Waals surface area (Å²) >= 11 is 0. The van der Waals surface area contributed by atoms with Crippen molar-refractivity contribution in [3.8, 4) is 0 Å². The molecule has 0 aromatic carbocycles. The van der Waals surface area contributed by atoms with Gasteiger partial charge < -0.3 is 0 Å². The minimum absolute atomic E-state index is 0. The van der Waals surface area contributed by atoms with Crippen LogP contribution in [0.3, 0.4) is 0 Å². The van der Waals surface area contributed by atoms with Crippen molar-refractivity contribution in [1.82, 2.24) is 0 Å². The zero-order chi connectivity index (χ0) is 28.2. The van der Waals surface area contributed by atoms with Crippen molar-refractivity contribution in [1.29, 1.82) is 0 Å². The molecule has 0 aliphatic rings. The smallest absolute Gasteiger partial charge is 0 e. The zero-order valence-corrected chi connectivity index (χ0v) is 31.6. The van der Waals surface area contributed by atoms with Crippen LogP contribution in [0.1, 0.15) is 150 Å². The van der Waals surface area contributed by atoms with Gasteiger partial charge in [0.1, 0.15) is 0 Å². The fraction of sp³-hybridized carbons (Fsp3) is 1.00. The molecule has 0 aliphatic heterocycles. The van der Waals surface area contributed by atoms with Gasteiger partial charge in [0.15, 0.2) is 0 Å². The van der Waals surface area contributed by atoms with E-state index in [0.717, 1.165) is 0 Å². The molecule has 0 aromatic rings. The first-order valence-corrected chi connectivity index (χ1v) is 15.7. The maximum Gasteiger partial charge on any atom is 0 e. The van der Waals surface area contributed by atoms with Crippen LogP contribution in [0.25, 0.3) is 0 Å². The van der Waals surface area contributed by atoms with E-state index >= 15 is 0 Å². The Hall–Kier alpha value is 1.52. The van der Waals surface area contributed by atoms with Crippen LogP contribution < -0.4 is 0 Å². The van der Waals surface area contributed by atoms with Crippen LogP contribution in [-0.4, -0.2) is 12.3 Å². The average molecular weight is 623 g/mol. The Kier molecular flexibility index (Phi) is 16.1. The molecule has 0 fully saturated rings. The van der Waals surface area contributed by atoms with Crippen molar-refractivity contribution in [2.45, 2.75) is 150 Å². The molecule has 0 bridgehead atoms. The molecule has 2 atom stereocenters. The summed E-state index contributed by atoms with van der Waals surface area (Å²) in [6.45, 7) is 43.6. The van der Waals surface area contributed by atoms with E-state index in [1.54, 1.807) is 0 Å². The molecule has 0 spiro atoms. The van der Waals surface area contributed by atoms with Crippen LogP contribution in [0, 0.1) is 43.3 Å². The second-order valence-corrected chi connectivity index (χ2v) is 18.2. The maximum atomic E-state index is 2.88. The summed E-state index contributed by atoms with van der Waals surface area (Å²) < 4.78 is 0. The summed E-state index contributed by atoms with van der Waals surface area (Å²) in [4.78, 5) is 0. The Bertz CT molecular complexity index is 452. The predicted molar refractivity (Wildman–Crippen MR) is 169 cm³/mol. The van der Waals surface area contributed by atoms with Crippen LogP contribution >= 0.6 is 18.5 Å². The third kappa shape index (κ3) is 9.30. The van der Waals surface area contributed by atoms with E-state index in [-0.39, 0.29) is 20.4 Å². The van der Waals surface area contributed by atoms with Crippen LogP contribution in [0.15, 0.2) is 0 Å². The fourth-order valence-electron chi connectivity index (χ4n) is 9.73. The van der Waals surface area contributed by atoms with E-state index < -0.39 is 0 Å². The molecule has 0 aliphatic carbocycles. The Morgan fingerprint density at radius 1 is 0.343 bits per heavy atom. The fourth-order valence-corrected chi connectivity index (χ4v) is 10.1. The first-order chi connectivity index (χ1) is 14.6. The molecule has 0 N–H and O–H groups in total. The van der Waals surface area contributed by atoms with Crippen LogP contribution in [0.2, 0.25) is 0 Å². The van der Waals surface area contributed by atoms with E-state index in [2.05, 4.69) is 143 Å². The van der Waals surface area contributed by atoms with Crippen molar-refractivity contribution in [2.75, 3.05) is 12.3 Å². The van der Waals surface area contributed by atoms with Gasteiger partial charge in [-0.05, 0) is 81.3 Å². The van der Waals surface area contributed by atoms with Crippen LogP contribution in [-0.2, 0) is 20.4 Å². The van der Waals surface area contributed by atoms with Gasteiger partial charge in [-0.2, -0.15) is 0 Å². The Morgan fingerprint density at radius 2 is 0.486 bits per heavy atom. The number of hydrogen-bond acceptors (Lipinski definition) is 0. The molecule has 0 aromatic heterocycles. The summed E-state index contributed by atoms with van der Waals surface area (Å²) in [5, 5.41) is 0. The molecule has 2 unspecified atom stereocenters. The molecular formula is C32H70P2Pd. The Balaban J connectivity index is -0.000000569. The molecular weight excluding hydrogens is 553 g/mol. The van der Waals surface area contributed by atoms with Gasteiger partial charge in [0, 0.05) is 20.4 Å². The molecule has 0 nitrogen and oxygen atoms in total. The maximum absolute atomic E-state index is 2.88. The van der Waals surface area contributed by atoms with Crippen molar-refractivity contribution in [2.24, 2.45) is 43.3 Å². The van der Waals surface area contributed by atoms with Crippen LogP contribution in [0.4, 0.5) is 0 Å². The first kappa shape index (κ1) is 41.0. The van der Waals surface area contributed by atoms with E-state index in [9.17, 15) is 0 Å². The second-order valence-electron chi connectivity index (χ2n) is 17.1. The van der Waals surface area contributed by atoms with E-state index in [1.807, 2.05) is 0 Å². The molecule has 0 radical (unpaired) electrons. The summed E-state index contributed by atoms with van der Waals surface area (Å²) in [6.07, 6.45) is 7.65.